The molecule has 0 aromatic heterocycles. The van der Waals surface area contributed by atoms with Gasteiger partial charge in [0.25, 0.3) is 0 Å². The predicted molar refractivity (Wildman–Crippen MR) is 51.8 cm³/mol. The molecule has 0 amide bonds. The quantitative estimate of drug-likeness (QED) is 0.484. The Hall–Kier alpha value is -0.510. The van der Waals surface area contributed by atoms with Gasteiger partial charge in [-0.1, -0.05) is 20.8 Å². The van der Waals surface area contributed by atoms with Gasteiger partial charge >= 0.3 is 0 Å². The van der Waals surface area contributed by atoms with E-state index in [-0.39, 0.29) is 0 Å². The van der Waals surface area contributed by atoms with Gasteiger partial charge in [0.05, 0.1) is 0 Å². The van der Waals surface area contributed by atoms with Crippen molar-refractivity contribution in [2.45, 2.75) is 52.5 Å². The number of rotatable bonds is 0. The number of nitrogens with zero attached hydrogens (tertiary/aromatic N) is 1. The third kappa shape index (κ3) is 2.24. The molecule has 1 rings (SSSR count). The van der Waals surface area contributed by atoms with Crippen LogP contribution in [0.25, 0.3) is 4.85 Å². The molecular weight excluding hydrogens is 146 g/mol. The summed E-state index contributed by atoms with van der Waals surface area (Å²) in [6.45, 7) is 13.9. The first-order valence-corrected chi connectivity index (χ1v) is 4.90. The van der Waals surface area contributed by atoms with Gasteiger partial charge in [-0.15, -0.1) is 0 Å². The van der Waals surface area contributed by atoms with E-state index >= 15 is 0 Å². The van der Waals surface area contributed by atoms with Crippen LogP contribution in [-0.2, 0) is 0 Å². The largest absolute Gasteiger partial charge is 0.314 e. The summed E-state index contributed by atoms with van der Waals surface area (Å²) in [7, 11) is 0. The molecule has 0 radical (unpaired) electrons. The van der Waals surface area contributed by atoms with Crippen molar-refractivity contribution in [1.29, 1.82) is 0 Å². The van der Waals surface area contributed by atoms with Crippen LogP contribution in [-0.4, -0.2) is 6.04 Å². The zero-order valence-corrected chi connectivity index (χ0v) is 8.43. The van der Waals surface area contributed by atoms with Crippen molar-refractivity contribution >= 4 is 0 Å². The Morgan fingerprint density at radius 3 is 1.92 bits per heavy atom. The molecule has 0 aromatic carbocycles. The highest BCUT2D eigenvalue weighted by Crippen LogP contribution is 2.38. The van der Waals surface area contributed by atoms with Gasteiger partial charge in [0.2, 0.25) is 6.04 Å². The minimum Gasteiger partial charge on any atom is -0.314 e. The van der Waals surface area contributed by atoms with Crippen LogP contribution in [0.3, 0.4) is 0 Å². The lowest BCUT2D eigenvalue weighted by Gasteiger charge is -2.33. The summed E-state index contributed by atoms with van der Waals surface area (Å²) in [5.41, 5.74) is 0.451. The van der Waals surface area contributed by atoms with Gasteiger partial charge in [0, 0.05) is 12.8 Å². The van der Waals surface area contributed by atoms with E-state index < -0.39 is 0 Å². The van der Waals surface area contributed by atoms with Crippen LogP contribution >= 0.6 is 0 Å². The minimum atomic E-state index is 0.337. The summed E-state index contributed by atoms with van der Waals surface area (Å²) in [5, 5.41) is 0. The van der Waals surface area contributed by atoms with E-state index in [1.54, 1.807) is 0 Å². The lowest BCUT2D eigenvalue weighted by molar-refractivity contribution is 0.176. The van der Waals surface area contributed by atoms with Crippen LogP contribution in [0, 0.1) is 17.9 Å². The molecule has 0 N–H and O–H groups in total. The second-order valence-electron chi connectivity index (χ2n) is 5.00. The Morgan fingerprint density at radius 1 is 1.08 bits per heavy atom. The molecule has 1 saturated carbocycles. The van der Waals surface area contributed by atoms with Gasteiger partial charge in [-0.25, -0.2) is 6.57 Å². The molecule has 1 fully saturated rings. The molecule has 0 unspecified atom stereocenters. The maximum absolute atomic E-state index is 6.94. The van der Waals surface area contributed by atoms with Crippen LogP contribution in [0.5, 0.6) is 0 Å². The number of hydrogen-bond acceptors (Lipinski definition) is 0. The molecule has 0 atom stereocenters. The van der Waals surface area contributed by atoms with E-state index in [1.807, 2.05) is 0 Å². The van der Waals surface area contributed by atoms with E-state index in [0.717, 1.165) is 18.8 Å². The second kappa shape index (κ2) is 3.47. The smallest absolute Gasteiger partial charge is 0.223 e. The average Bonchev–Trinajstić information content (AvgIpc) is 2.03. The topological polar surface area (TPSA) is 4.36 Å². The van der Waals surface area contributed by atoms with Crippen molar-refractivity contribution in [3.8, 4) is 0 Å². The van der Waals surface area contributed by atoms with E-state index in [0.29, 0.717) is 11.5 Å². The molecule has 68 valence electrons. The van der Waals surface area contributed by atoms with E-state index in [2.05, 4.69) is 25.6 Å². The molecular formula is C11H19N. The summed E-state index contributed by atoms with van der Waals surface area (Å²) < 4.78 is 0. The standard InChI is InChI=1S/C11H19N/c1-11(2,3)9-5-7-10(12-4)8-6-9/h9-10H,5-8H2,1-3H3. The van der Waals surface area contributed by atoms with Gasteiger partial charge in [-0.05, 0) is 24.2 Å². The van der Waals surface area contributed by atoms with Crippen LogP contribution < -0.4 is 0 Å². The fraction of sp³-hybridized carbons (Fsp3) is 0.909. The van der Waals surface area contributed by atoms with Gasteiger partial charge < -0.3 is 4.85 Å². The first-order valence-electron chi connectivity index (χ1n) is 4.90. The average molecular weight is 165 g/mol. The third-order valence-corrected chi connectivity index (χ3v) is 3.10. The lowest BCUT2D eigenvalue weighted by atomic mass is 9.71. The van der Waals surface area contributed by atoms with Crippen molar-refractivity contribution < 1.29 is 0 Å². The van der Waals surface area contributed by atoms with Crippen LogP contribution in [0.2, 0.25) is 0 Å². The van der Waals surface area contributed by atoms with Gasteiger partial charge in [0.1, 0.15) is 0 Å². The summed E-state index contributed by atoms with van der Waals surface area (Å²) in [5.74, 6) is 0.843. The van der Waals surface area contributed by atoms with Crippen LogP contribution in [0.15, 0.2) is 0 Å². The molecule has 1 heteroatoms. The molecule has 1 nitrogen and oxygen atoms in total. The lowest BCUT2D eigenvalue weighted by Crippen LogP contribution is -2.26. The van der Waals surface area contributed by atoms with Crippen LogP contribution in [0.4, 0.5) is 0 Å². The molecule has 12 heavy (non-hydrogen) atoms. The minimum absolute atomic E-state index is 0.337. The molecule has 0 aliphatic heterocycles. The van der Waals surface area contributed by atoms with Gasteiger partial charge in [-0.3, -0.25) is 0 Å². The van der Waals surface area contributed by atoms with Gasteiger partial charge in [0.15, 0.2) is 0 Å². The number of hydrogen-bond donors (Lipinski definition) is 0. The highest BCUT2D eigenvalue weighted by atomic mass is 14.7. The van der Waals surface area contributed by atoms with E-state index in [4.69, 9.17) is 6.57 Å². The van der Waals surface area contributed by atoms with Crippen molar-refractivity contribution in [1.82, 2.24) is 0 Å². The molecule has 0 aromatic rings. The molecule has 0 spiro atoms. The first kappa shape index (κ1) is 9.58. The molecule has 0 heterocycles. The molecule has 0 saturated heterocycles. The summed E-state index contributed by atoms with van der Waals surface area (Å²) in [6.07, 6.45) is 4.78. The fourth-order valence-corrected chi connectivity index (χ4v) is 2.07. The normalized spacial score (nSPS) is 31.2. The Labute approximate surface area is 76.0 Å². The van der Waals surface area contributed by atoms with Crippen molar-refractivity contribution in [3.05, 3.63) is 11.4 Å². The maximum atomic E-state index is 6.94. The Morgan fingerprint density at radius 2 is 1.58 bits per heavy atom. The maximum Gasteiger partial charge on any atom is 0.223 e. The predicted octanol–water partition coefficient (Wildman–Crippen LogP) is 3.51. The molecule has 0 bridgehead atoms. The Balaban J connectivity index is 2.42. The molecule has 1 aliphatic carbocycles. The van der Waals surface area contributed by atoms with Gasteiger partial charge in [-0.2, -0.15) is 0 Å². The van der Waals surface area contributed by atoms with Crippen molar-refractivity contribution in [2.75, 3.05) is 0 Å². The summed E-state index contributed by atoms with van der Waals surface area (Å²) in [6, 6.07) is 0.337. The van der Waals surface area contributed by atoms with Crippen LogP contribution in [0.1, 0.15) is 46.5 Å². The summed E-state index contributed by atoms with van der Waals surface area (Å²) >= 11 is 0. The Kier molecular flexibility index (Phi) is 2.77. The van der Waals surface area contributed by atoms with Crippen molar-refractivity contribution in [2.24, 2.45) is 11.3 Å². The zero-order valence-electron chi connectivity index (χ0n) is 8.43. The monoisotopic (exact) mass is 165 g/mol. The Bertz CT molecular complexity index is 174. The highest BCUT2D eigenvalue weighted by Gasteiger charge is 2.31. The molecule has 1 aliphatic rings. The second-order valence-corrected chi connectivity index (χ2v) is 5.00. The zero-order chi connectivity index (χ0) is 9.19. The third-order valence-electron chi connectivity index (χ3n) is 3.10. The van der Waals surface area contributed by atoms with Crippen molar-refractivity contribution in [3.63, 3.8) is 0 Å². The summed E-state index contributed by atoms with van der Waals surface area (Å²) in [4.78, 5) is 3.61. The van der Waals surface area contributed by atoms with E-state index in [9.17, 15) is 0 Å². The SMILES string of the molecule is [C-]#[N+]C1CCC(C(C)(C)C)CC1. The first-order chi connectivity index (χ1) is 5.54. The van der Waals surface area contributed by atoms with E-state index in [1.165, 1.54) is 12.8 Å². The highest BCUT2D eigenvalue weighted by molar-refractivity contribution is 4.88. The fourth-order valence-electron chi connectivity index (χ4n) is 2.07.